The Labute approximate surface area is 183 Å². The summed E-state index contributed by atoms with van der Waals surface area (Å²) < 4.78 is 40.9. The molecule has 0 bridgehead atoms. The number of anilines is 1. The fraction of sp³-hybridized carbons (Fsp3) is 0.300. The van der Waals surface area contributed by atoms with Gasteiger partial charge in [-0.05, 0) is 36.4 Å². The molecule has 10 heteroatoms. The van der Waals surface area contributed by atoms with E-state index < -0.39 is 21.7 Å². The maximum Gasteiger partial charge on any atom is 0.244 e. The van der Waals surface area contributed by atoms with Crippen molar-refractivity contribution in [2.24, 2.45) is 0 Å². The van der Waals surface area contributed by atoms with Crippen molar-refractivity contribution < 1.29 is 17.6 Å². The second kappa shape index (κ2) is 10.1. The zero-order valence-corrected chi connectivity index (χ0v) is 18.6. The number of halogens is 2. The van der Waals surface area contributed by atoms with Gasteiger partial charge in [-0.15, -0.1) is 0 Å². The van der Waals surface area contributed by atoms with Gasteiger partial charge in [0.25, 0.3) is 0 Å². The molecule has 0 atom stereocenters. The van der Waals surface area contributed by atoms with Crippen LogP contribution in [0.3, 0.4) is 0 Å². The van der Waals surface area contributed by atoms with Crippen molar-refractivity contribution in [1.82, 2.24) is 14.6 Å². The third-order valence-electron chi connectivity index (χ3n) is 4.64. The van der Waals surface area contributed by atoms with Gasteiger partial charge in [0.1, 0.15) is 11.6 Å². The van der Waals surface area contributed by atoms with Crippen molar-refractivity contribution >= 4 is 43.8 Å². The van der Waals surface area contributed by atoms with E-state index in [-0.39, 0.29) is 17.9 Å². The SMILES string of the molecule is O=C(/C=C/c1cc(Br)ccc1F)NCCS(=O)(=O)N1CCN(c2ccccn2)CC1. The lowest BCUT2D eigenvalue weighted by Crippen LogP contribution is -2.50. The largest absolute Gasteiger partial charge is 0.354 e. The van der Waals surface area contributed by atoms with Gasteiger partial charge in [0.15, 0.2) is 0 Å². The molecule has 3 rings (SSSR count). The predicted molar refractivity (Wildman–Crippen MR) is 118 cm³/mol. The quantitative estimate of drug-likeness (QED) is 0.594. The summed E-state index contributed by atoms with van der Waals surface area (Å²) in [7, 11) is -3.48. The molecule has 1 aliphatic rings. The lowest BCUT2D eigenvalue weighted by atomic mass is 10.2. The van der Waals surface area contributed by atoms with Crippen LogP contribution < -0.4 is 10.2 Å². The molecule has 1 aromatic heterocycles. The third kappa shape index (κ3) is 6.10. The molecule has 30 heavy (non-hydrogen) atoms. The lowest BCUT2D eigenvalue weighted by Gasteiger charge is -2.34. The maximum atomic E-state index is 13.7. The van der Waals surface area contributed by atoms with Crippen LogP contribution in [0.4, 0.5) is 10.2 Å². The number of piperazine rings is 1. The molecule has 0 aliphatic carbocycles. The van der Waals surface area contributed by atoms with Crippen LogP contribution in [-0.4, -0.2) is 62.1 Å². The molecule has 0 unspecified atom stereocenters. The molecule has 1 aliphatic heterocycles. The molecule has 1 saturated heterocycles. The molecule has 7 nitrogen and oxygen atoms in total. The molecular weight excluding hydrogens is 475 g/mol. The van der Waals surface area contributed by atoms with E-state index in [1.165, 1.54) is 22.5 Å². The van der Waals surface area contributed by atoms with E-state index >= 15 is 0 Å². The highest BCUT2D eigenvalue weighted by molar-refractivity contribution is 9.10. The molecule has 2 aromatic rings. The van der Waals surface area contributed by atoms with Gasteiger partial charge in [-0.25, -0.2) is 17.8 Å². The summed E-state index contributed by atoms with van der Waals surface area (Å²) in [4.78, 5) is 18.2. The fourth-order valence-electron chi connectivity index (χ4n) is 3.04. The number of nitrogens with zero attached hydrogens (tertiary/aromatic N) is 3. The van der Waals surface area contributed by atoms with Gasteiger partial charge < -0.3 is 10.2 Å². The summed E-state index contributed by atoms with van der Waals surface area (Å²) in [5, 5.41) is 2.53. The van der Waals surface area contributed by atoms with Gasteiger partial charge in [0.2, 0.25) is 15.9 Å². The molecular formula is C20H22BrFN4O3S. The normalized spacial score (nSPS) is 15.5. The van der Waals surface area contributed by atoms with E-state index in [4.69, 9.17) is 0 Å². The molecule has 0 radical (unpaired) electrons. The highest BCUT2D eigenvalue weighted by Crippen LogP contribution is 2.17. The van der Waals surface area contributed by atoms with Crippen LogP contribution in [0.15, 0.2) is 53.1 Å². The lowest BCUT2D eigenvalue weighted by molar-refractivity contribution is -0.116. The first-order valence-corrected chi connectivity index (χ1v) is 11.8. The third-order valence-corrected chi connectivity index (χ3v) is 7.00. The van der Waals surface area contributed by atoms with E-state index in [0.717, 1.165) is 5.82 Å². The van der Waals surface area contributed by atoms with Crippen molar-refractivity contribution in [3.05, 3.63) is 64.5 Å². The molecule has 1 aromatic carbocycles. The van der Waals surface area contributed by atoms with Crippen LogP contribution in [0.2, 0.25) is 0 Å². The number of aromatic nitrogens is 1. The van der Waals surface area contributed by atoms with Crippen molar-refractivity contribution in [2.75, 3.05) is 43.4 Å². The second-order valence-electron chi connectivity index (χ2n) is 6.68. The Morgan fingerprint density at radius 1 is 1.20 bits per heavy atom. The molecule has 2 heterocycles. The van der Waals surface area contributed by atoms with E-state index in [9.17, 15) is 17.6 Å². The molecule has 0 spiro atoms. The van der Waals surface area contributed by atoms with E-state index in [2.05, 4.69) is 26.2 Å². The van der Waals surface area contributed by atoms with Crippen molar-refractivity contribution in [3.8, 4) is 0 Å². The van der Waals surface area contributed by atoms with Crippen LogP contribution in [-0.2, 0) is 14.8 Å². The Hall–Kier alpha value is -2.30. The van der Waals surface area contributed by atoms with Crippen molar-refractivity contribution in [1.29, 1.82) is 0 Å². The van der Waals surface area contributed by atoms with Gasteiger partial charge in [0.05, 0.1) is 5.75 Å². The number of rotatable bonds is 7. The summed E-state index contributed by atoms with van der Waals surface area (Å²) >= 11 is 3.24. The number of amides is 1. The Kier molecular flexibility index (Phi) is 7.57. The Balaban J connectivity index is 1.45. The smallest absolute Gasteiger partial charge is 0.244 e. The maximum absolute atomic E-state index is 13.7. The molecule has 1 amide bonds. The number of sulfonamides is 1. The Morgan fingerprint density at radius 3 is 2.67 bits per heavy atom. The summed E-state index contributed by atoms with van der Waals surface area (Å²) in [6.07, 6.45) is 4.24. The van der Waals surface area contributed by atoms with Crippen LogP contribution in [0.1, 0.15) is 5.56 Å². The average molecular weight is 497 g/mol. The first-order valence-electron chi connectivity index (χ1n) is 9.40. The number of benzene rings is 1. The summed E-state index contributed by atoms with van der Waals surface area (Å²) in [6.45, 7) is 1.84. The molecule has 0 saturated carbocycles. The van der Waals surface area contributed by atoms with Crippen LogP contribution in [0.25, 0.3) is 6.08 Å². The summed E-state index contributed by atoms with van der Waals surface area (Å²) in [6, 6.07) is 10.0. The monoisotopic (exact) mass is 496 g/mol. The summed E-state index contributed by atoms with van der Waals surface area (Å²) in [5.41, 5.74) is 0.262. The number of carbonyl (C=O) groups is 1. The minimum absolute atomic E-state index is 0.0209. The van der Waals surface area contributed by atoms with Crippen LogP contribution in [0.5, 0.6) is 0 Å². The van der Waals surface area contributed by atoms with Crippen LogP contribution in [0, 0.1) is 5.82 Å². The molecule has 160 valence electrons. The van der Waals surface area contributed by atoms with E-state index in [0.29, 0.717) is 30.7 Å². The van der Waals surface area contributed by atoms with Gasteiger partial charge in [-0.3, -0.25) is 4.79 Å². The van der Waals surface area contributed by atoms with Gasteiger partial charge in [-0.2, -0.15) is 4.31 Å². The number of hydrogen-bond donors (Lipinski definition) is 1. The van der Waals surface area contributed by atoms with Crippen LogP contribution >= 0.6 is 15.9 Å². The van der Waals surface area contributed by atoms with Gasteiger partial charge in [-0.1, -0.05) is 22.0 Å². The van der Waals surface area contributed by atoms with Crippen molar-refractivity contribution in [3.63, 3.8) is 0 Å². The zero-order chi connectivity index (χ0) is 21.6. The minimum atomic E-state index is -3.48. The molecule has 1 fully saturated rings. The first kappa shape index (κ1) is 22.4. The average Bonchev–Trinajstić information content (AvgIpc) is 2.75. The first-order chi connectivity index (χ1) is 14.3. The number of pyridine rings is 1. The van der Waals surface area contributed by atoms with Gasteiger partial charge >= 0.3 is 0 Å². The standard InChI is InChI=1S/C20H22BrFN4O3S/c21-17-5-6-18(22)16(15-17)4-7-20(27)24-9-14-30(28,29)26-12-10-25(11-13-26)19-3-1-2-8-23-19/h1-8,15H,9-14H2,(H,24,27)/b7-4+. The Bertz CT molecular complexity index is 1010. The minimum Gasteiger partial charge on any atom is -0.354 e. The highest BCUT2D eigenvalue weighted by Gasteiger charge is 2.27. The fourth-order valence-corrected chi connectivity index (χ4v) is 4.75. The zero-order valence-electron chi connectivity index (χ0n) is 16.2. The second-order valence-corrected chi connectivity index (χ2v) is 9.68. The van der Waals surface area contributed by atoms with E-state index in [1.54, 1.807) is 18.3 Å². The number of carbonyl (C=O) groups excluding carboxylic acids is 1. The summed E-state index contributed by atoms with van der Waals surface area (Å²) in [5.74, 6) is -0.295. The topological polar surface area (TPSA) is 82.6 Å². The number of nitrogens with one attached hydrogen (secondary N) is 1. The predicted octanol–water partition coefficient (Wildman–Crippen LogP) is 2.26. The number of hydrogen-bond acceptors (Lipinski definition) is 5. The Morgan fingerprint density at radius 2 is 1.97 bits per heavy atom. The van der Waals surface area contributed by atoms with Crippen molar-refractivity contribution in [2.45, 2.75) is 0 Å². The molecule has 1 N–H and O–H groups in total. The van der Waals surface area contributed by atoms with Gasteiger partial charge in [0, 0.05) is 55.0 Å². The highest BCUT2D eigenvalue weighted by atomic mass is 79.9. The van der Waals surface area contributed by atoms with E-state index in [1.807, 2.05) is 23.1 Å².